The van der Waals surface area contributed by atoms with Gasteiger partial charge >= 0.3 is 0 Å². The number of nitrogens with zero attached hydrogens (tertiary/aromatic N) is 2. The summed E-state index contributed by atoms with van der Waals surface area (Å²) in [7, 11) is 0. The van der Waals surface area contributed by atoms with E-state index >= 15 is 0 Å². The van der Waals surface area contributed by atoms with E-state index in [9.17, 15) is 0 Å². The van der Waals surface area contributed by atoms with Gasteiger partial charge in [0.2, 0.25) is 0 Å². The number of rotatable bonds is 3. The van der Waals surface area contributed by atoms with E-state index in [0.29, 0.717) is 12.5 Å². The molecule has 0 saturated heterocycles. The van der Waals surface area contributed by atoms with Gasteiger partial charge in [0.05, 0.1) is 0 Å². The Morgan fingerprint density at radius 1 is 1.16 bits per heavy atom. The molecule has 1 aromatic carbocycles. The van der Waals surface area contributed by atoms with Crippen LogP contribution in [0.4, 0.5) is 0 Å². The zero-order chi connectivity index (χ0) is 13.2. The van der Waals surface area contributed by atoms with Crippen molar-refractivity contribution in [1.29, 1.82) is 0 Å². The predicted octanol–water partition coefficient (Wildman–Crippen LogP) is 2.17. The number of hydrogen-bond donors (Lipinski definition) is 1. The van der Waals surface area contributed by atoms with Gasteiger partial charge in [-0.05, 0) is 43.5 Å². The number of nitrogens with two attached hydrogens (primary N) is 1. The fraction of sp³-hybridized carbons (Fsp3) is 0.375. The molecule has 1 aliphatic carbocycles. The molecule has 3 rings (SSSR count). The first-order valence-corrected chi connectivity index (χ1v) is 6.87. The molecule has 0 amide bonds. The Bertz CT molecular complexity index is 567. The van der Waals surface area contributed by atoms with E-state index in [1.54, 1.807) is 0 Å². The first-order chi connectivity index (χ1) is 9.26. The van der Waals surface area contributed by atoms with Crippen molar-refractivity contribution >= 4 is 0 Å². The second kappa shape index (κ2) is 5.10. The Morgan fingerprint density at radius 2 is 1.84 bits per heavy atom. The normalized spacial score (nSPS) is 14.6. The van der Waals surface area contributed by atoms with Gasteiger partial charge in [-0.25, -0.2) is 9.97 Å². The topological polar surface area (TPSA) is 51.8 Å². The molecule has 98 valence electrons. The molecule has 0 radical (unpaired) electrons. The number of fused-ring (bicyclic) bond motifs is 1. The highest BCUT2D eigenvalue weighted by atomic mass is 14.9. The molecule has 1 aliphatic rings. The summed E-state index contributed by atoms with van der Waals surface area (Å²) in [4.78, 5) is 9.33. The van der Waals surface area contributed by atoms with Crippen molar-refractivity contribution in [1.82, 2.24) is 9.97 Å². The van der Waals surface area contributed by atoms with Crippen LogP contribution in [-0.2, 0) is 19.3 Å². The molecule has 0 unspecified atom stereocenters. The molecule has 0 spiro atoms. The summed E-state index contributed by atoms with van der Waals surface area (Å²) in [5.41, 5.74) is 10.6. The summed E-state index contributed by atoms with van der Waals surface area (Å²) >= 11 is 0. The highest BCUT2D eigenvalue weighted by molar-refractivity contribution is 5.35. The van der Waals surface area contributed by atoms with Gasteiger partial charge in [0, 0.05) is 23.7 Å². The summed E-state index contributed by atoms with van der Waals surface area (Å²) in [6.07, 6.45) is 2.94. The molecule has 3 heteroatoms. The van der Waals surface area contributed by atoms with Crippen molar-refractivity contribution in [3.05, 3.63) is 58.7 Å². The van der Waals surface area contributed by atoms with Gasteiger partial charge < -0.3 is 5.73 Å². The molecule has 0 fully saturated rings. The van der Waals surface area contributed by atoms with Crippen LogP contribution in [-0.4, -0.2) is 16.5 Å². The standard InChI is InChI=1S/C16H19N3/c1-11-8-15(6-7-17)19-16(18-11)14-9-12-4-2-3-5-13(12)10-14/h2-5,8,14H,6-7,9-10,17H2,1H3. The summed E-state index contributed by atoms with van der Waals surface area (Å²) in [5, 5.41) is 0. The minimum absolute atomic E-state index is 0.425. The van der Waals surface area contributed by atoms with Crippen LogP contribution in [0.3, 0.4) is 0 Å². The lowest BCUT2D eigenvalue weighted by molar-refractivity contribution is 0.668. The van der Waals surface area contributed by atoms with Gasteiger partial charge in [0.25, 0.3) is 0 Å². The van der Waals surface area contributed by atoms with E-state index < -0.39 is 0 Å². The molecular formula is C16H19N3. The first-order valence-electron chi connectivity index (χ1n) is 6.87. The SMILES string of the molecule is Cc1cc(CCN)nc(C2Cc3ccccc3C2)n1. The molecule has 0 atom stereocenters. The van der Waals surface area contributed by atoms with Crippen LogP contribution in [0.15, 0.2) is 30.3 Å². The van der Waals surface area contributed by atoms with Crippen LogP contribution >= 0.6 is 0 Å². The van der Waals surface area contributed by atoms with E-state index in [2.05, 4.69) is 29.2 Å². The second-order valence-corrected chi connectivity index (χ2v) is 5.27. The Morgan fingerprint density at radius 3 is 2.47 bits per heavy atom. The van der Waals surface area contributed by atoms with Crippen LogP contribution in [0.2, 0.25) is 0 Å². The zero-order valence-corrected chi connectivity index (χ0v) is 11.3. The molecular weight excluding hydrogens is 234 g/mol. The number of hydrogen-bond acceptors (Lipinski definition) is 3. The molecule has 1 heterocycles. The summed E-state index contributed by atoms with van der Waals surface area (Å²) in [6.45, 7) is 2.67. The molecule has 3 nitrogen and oxygen atoms in total. The van der Waals surface area contributed by atoms with Crippen LogP contribution in [0.1, 0.15) is 34.3 Å². The van der Waals surface area contributed by atoms with Crippen molar-refractivity contribution in [3.63, 3.8) is 0 Å². The van der Waals surface area contributed by atoms with Crippen molar-refractivity contribution in [2.45, 2.75) is 32.1 Å². The third kappa shape index (κ3) is 2.51. The lowest BCUT2D eigenvalue weighted by Crippen LogP contribution is -2.11. The van der Waals surface area contributed by atoms with Gasteiger partial charge in [-0.3, -0.25) is 0 Å². The zero-order valence-electron chi connectivity index (χ0n) is 11.3. The second-order valence-electron chi connectivity index (χ2n) is 5.27. The third-order valence-electron chi connectivity index (χ3n) is 3.74. The minimum atomic E-state index is 0.425. The molecule has 19 heavy (non-hydrogen) atoms. The average Bonchev–Trinajstić information content (AvgIpc) is 2.82. The quantitative estimate of drug-likeness (QED) is 0.912. The molecule has 2 N–H and O–H groups in total. The lowest BCUT2D eigenvalue weighted by Gasteiger charge is -2.10. The van der Waals surface area contributed by atoms with Crippen LogP contribution < -0.4 is 5.73 Å². The van der Waals surface area contributed by atoms with Crippen LogP contribution in [0, 0.1) is 6.92 Å². The molecule has 1 aromatic heterocycles. The Hall–Kier alpha value is -1.74. The molecule has 0 aliphatic heterocycles. The first kappa shape index (κ1) is 12.3. The van der Waals surface area contributed by atoms with Crippen molar-refractivity contribution in [3.8, 4) is 0 Å². The lowest BCUT2D eigenvalue weighted by atomic mass is 10.1. The highest BCUT2D eigenvalue weighted by Gasteiger charge is 2.24. The van der Waals surface area contributed by atoms with Crippen molar-refractivity contribution in [2.24, 2.45) is 5.73 Å². The highest BCUT2D eigenvalue weighted by Crippen LogP contribution is 2.32. The maximum absolute atomic E-state index is 5.62. The summed E-state index contributed by atoms with van der Waals surface area (Å²) in [6, 6.07) is 10.7. The number of aromatic nitrogens is 2. The molecule has 2 aromatic rings. The maximum atomic E-state index is 5.62. The smallest absolute Gasteiger partial charge is 0.132 e. The van der Waals surface area contributed by atoms with Crippen LogP contribution in [0.25, 0.3) is 0 Å². The predicted molar refractivity (Wildman–Crippen MR) is 76.1 cm³/mol. The van der Waals surface area contributed by atoms with E-state index in [0.717, 1.165) is 36.5 Å². The van der Waals surface area contributed by atoms with Crippen molar-refractivity contribution in [2.75, 3.05) is 6.54 Å². The largest absolute Gasteiger partial charge is 0.330 e. The fourth-order valence-electron chi connectivity index (χ4n) is 2.86. The van der Waals surface area contributed by atoms with Crippen LogP contribution in [0.5, 0.6) is 0 Å². The third-order valence-corrected chi connectivity index (χ3v) is 3.74. The monoisotopic (exact) mass is 253 g/mol. The molecule has 0 saturated carbocycles. The Kier molecular flexibility index (Phi) is 3.30. The van der Waals surface area contributed by atoms with Gasteiger partial charge in [0.15, 0.2) is 0 Å². The van der Waals surface area contributed by atoms with E-state index in [-0.39, 0.29) is 0 Å². The summed E-state index contributed by atoms with van der Waals surface area (Å²) in [5.74, 6) is 1.41. The maximum Gasteiger partial charge on any atom is 0.132 e. The van der Waals surface area contributed by atoms with Gasteiger partial charge in [-0.1, -0.05) is 24.3 Å². The Balaban J connectivity index is 1.88. The van der Waals surface area contributed by atoms with Gasteiger partial charge in [0.1, 0.15) is 5.82 Å². The number of aryl methyl sites for hydroxylation is 1. The van der Waals surface area contributed by atoms with E-state index in [4.69, 9.17) is 10.7 Å². The summed E-state index contributed by atoms with van der Waals surface area (Å²) < 4.78 is 0. The average molecular weight is 253 g/mol. The minimum Gasteiger partial charge on any atom is -0.330 e. The molecule has 0 bridgehead atoms. The fourth-order valence-corrected chi connectivity index (χ4v) is 2.86. The Labute approximate surface area is 113 Å². The van der Waals surface area contributed by atoms with Gasteiger partial charge in [-0.2, -0.15) is 0 Å². The van der Waals surface area contributed by atoms with E-state index in [1.807, 2.05) is 13.0 Å². The van der Waals surface area contributed by atoms with Gasteiger partial charge in [-0.15, -0.1) is 0 Å². The number of benzene rings is 1. The van der Waals surface area contributed by atoms with Crippen molar-refractivity contribution < 1.29 is 0 Å². The van der Waals surface area contributed by atoms with E-state index in [1.165, 1.54) is 11.1 Å².